The Morgan fingerprint density at radius 1 is 0.585 bits per heavy atom. The van der Waals surface area contributed by atoms with Crippen LogP contribution < -0.4 is 0 Å². The molecule has 0 N–H and O–H groups in total. The van der Waals surface area contributed by atoms with Crippen LogP contribution in [0.3, 0.4) is 0 Å². The Morgan fingerprint density at radius 2 is 1.36 bits per heavy atom. The Balaban J connectivity index is 1.09. The van der Waals surface area contributed by atoms with E-state index in [9.17, 15) is 0 Å². The monoisotopic (exact) mass is 681 g/mol. The van der Waals surface area contributed by atoms with Gasteiger partial charge in [-0.1, -0.05) is 135 Å². The number of aromatic nitrogens is 1. The normalized spacial score (nSPS) is 16.1. The topological polar surface area (TPSA) is 56.9 Å². The minimum absolute atomic E-state index is 0.0778. The number of hydrogen-bond acceptors (Lipinski definition) is 3. The second kappa shape index (κ2) is 11.1. The van der Waals surface area contributed by atoms with Crippen molar-refractivity contribution in [2.24, 2.45) is 9.98 Å². The van der Waals surface area contributed by atoms with Crippen LogP contribution in [-0.4, -0.2) is 16.2 Å². The Kier molecular flexibility index (Phi) is 6.30. The van der Waals surface area contributed by atoms with Crippen molar-refractivity contribution in [2.75, 3.05) is 0 Å². The molecule has 11 rings (SSSR count). The summed E-state index contributed by atoms with van der Waals surface area (Å²) >= 11 is 0. The number of benzene rings is 7. The lowest BCUT2D eigenvalue weighted by Crippen LogP contribution is -2.15. The van der Waals surface area contributed by atoms with Crippen LogP contribution in [0.1, 0.15) is 47.8 Å². The van der Waals surface area contributed by atoms with E-state index in [2.05, 4.69) is 128 Å². The maximum absolute atomic E-state index is 6.68. The highest BCUT2D eigenvalue weighted by atomic mass is 16.3. The van der Waals surface area contributed by atoms with Crippen molar-refractivity contribution in [2.45, 2.75) is 25.4 Å². The molecule has 2 aromatic heterocycles. The average Bonchev–Trinajstić information content (AvgIpc) is 3.82. The molecule has 5 nitrogen and oxygen atoms in total. The van der Waals surface area contributed by atoms with Gasteiger partial charge in [-0.15, -0.1) is 0 Å². The number of para-hydroxylation sites is 1. The molecule has 1 aliphatic carbocycles. The zero-order valence-corrected chi connectivity index (χ0v) is 29.3. The fourth-order valence-corrected chi connectivity index (χ4v) is 8.61. The van der Waals surface area contributed by atoms with Crippen molar-refractivity contribution in [1.82, 2.24) is 4.57 Å². The maximum Gasteiger partial charge on any atom is 0.137 e. The number of hydrogen-bond donors (Lipinski definition) is 0. The molecule has 1 unspecified atom stereocenters. The number of aliphatic imine (C=N–C) groups is 2. The van der Waals surface area contributed by atoms with Crippen molar-refractivity contribution in [3.8, 4) is 16.8 Å². The molecule has 0 bridgehead atoms. The van der Waals surface area contributed by atoms with Crippen molar-refractivity contribution >= 4 is 55.4 Å². The Bertz CT molecular complexity index is 3000. The predicted molar refractivity (Wildman–Crippen MR) is 218 cm³/mol. The molecule has 7 aromatic carbocycles. The number of furan rings is 1. The van der Waals surface area contributed by atoms with Gasteiger partial charge in [0.2, 0.25) is 0 Å². The van der Waals surface area contributed by atoms with Crippen LogP contribution in [0.2, 0.25) is 0 Å². The maximum atomic E-state index is 6.68. The Labute approximate surface area is 306 Å². The van der Waals surface area contributed by atoms with E-state index in [1.807, 2.05) is 48.5 Å². The zero-order valence-electron chi connectivity index (χ0n) is 29.3. The number of amidine groups is 2. The van der Waals surface area contributed by atoms with E-state index in [1.165, 1.54) is 44.1 Å². The van der Waals surface area contributed by atoms with Gasteiger partial charge in [0.25, 0.3) is 0 Å². The molecule has 0 amide bonds. The summed E-state index contributed by atoms with van der Waals surface area (Å²) in [5, 5.41) is 9.68. The fourth-order valence-electron chi connectivity index (χ4n) is 8.61. The van der Waals surface area contributed by atoms with Gasteiger partial charge >= 0.3 is 0 Å². The van der Waals surface area contributed by atoms with Crippen LogP contribution in [0.5, 0.6) is 0 Å². The van der Waals surface area contributed by atoms with Crippen molar-refractivity contribution in [3.05, 3.63) is 191 Å². The summed E-state index contributed by atoms with van der Waals surface area (Å²) in [7, 11) is 0. The first kappa shape index (κ1) is 30.0. The van der Waals surface area contributed by atoms with E-state index in [0.717, 1.165) is 44.3 Å². The summed E-state index contributed by atoms with van der Waals surface area (Å²) in [5.41, 5.74) is 13.2. The van der Waals surface area contributed by atoms with Gasteiger partial charge in [0.1, 0.15) is 11.2 Å². The molecule has 53 heavy (non-hydrogen) atoms. The third kappa shape index (κ3) is 4.44. The lowest BCUT2D eigenvalue weighted by Gasteiger charge is -2.32. The van der Waals surface area contributed by atoms with E-state index >= 15 is 0 Å². The standard InChI is InChI=1S/C48H33N4O/c1-48(2)37-20-11-9-18-32(37)35-28-41-36(27-38(35)48)33-19-10-12-21-39(33)52(41)40-22-13-23-42-44(40)34-25-24-31(26-43(34)53-42)47-50-45(29-14-5-3-6-15-29)49-46(51-47)30-16-7-4-8-17-30/h3-28,45H,1-2H3/q-1. The van der Waals surface area contributed by atoms with Gasteiger partial charge in [-0.05, 0) is 81.4 Å². The Hall–Kier alpha value is -6.72. The second-order valence-electron chi connectivity index (χ2n) is 14.6. The highest BCUT2D eigenvalue weighted by Crippen LogP contribution is 2.51. The molecule has 3 heterocycles. The summed E-state index contributed by atoms with van der Waals surface area (Å²) in [6, 6.07) is 55.5. The van der Waals surface area contributed by atoms with Gasteiger partial charge < -0.3 is 19.3 Å². The van der Waals surface area contributed by atoms with Crippen molar-refractivity contribution in [3.63, 3.8) is 0 Å². The Morgan fingerprint density at radius 3 is 2.23 bits per heavy atom. The van der Waals surface area contributed by atoms with Gasteiger partial charge in [0.05, 0.1) is 34.1 Å². The molecule has 1 aliphatic heterocycles. The number of rotatable bonds is 4. The minimum atomic E-state index is -0.397. The van der Waals surface area contributed by atoms with E-state index in [1.54, 1.807) is 0 Å². The first-order valence-corrected chi connectivity index (χ1v) is 18.1. The molecular formula is C48H33N4O-. The van der Waals surface area contributed by atoms with Crippen LogP contribution >= 0.6 is 0 Å². The van der Waals surface area contributed by atoms with E-state index < -0.39 is 6.17 Å². The largest absolute Gasteiger partial charge is 0.456 e. The van der Waals surface area contributed by atoms with Gasteiger partial charge in [-0.2, -0.15) is 0 Å². The van der Waals surface area contributed by atoms with Gasteiger partial charge in [0, 0.05) is 21.6 Å². The second-order valence-corrected chi connectivity index (χ2v) is 14.6. The molecule has 9 aromatic rings. The molecule has 1 atom stereocenters. The first-order valence-electron chi connectivity index (χ1n) is 18.1. The van der Waals surface area contributed by atoms with Gasteiger partial charge in [-0.25, -0.2) is 0 Å². The molecule has 0 saturated heterocycles. The third-order valence-corrected chi connectivity index (χ3v) is 11.2. The molecule has 2 aliphatic rings. The molecule has 5 heteroatoms. The fraction of sp³-hybridized carbons (Fsp3) is 0.0833. The smallest absolute Gasteiger partial charge is 0.137 e. The summed E-state index contributed by atoms with van der Waals surface area (Å²) < 4.78 is 9.11. The molecule has 252 valence electrons. The SMILES string of the molecule is CC1(C)c2ccccc2-c2cc3c(cc21)c1ccccc1n3-c1cccc2oc3cc(C4=NC(c5ccccc5)=NC(c5ccccc5)[N-]4)ccc3c12. The van der Waals surface area contributed by atoms with Crippen LogP contribution in [0.4, 0.5) is 0 Å². The van der Waals surface area contributed by atoms with E-state index in [0.29, 0.717) is 11.7 Å². The predicted octanol–water partition coefficient (Wildman–Crippen LogP) is 12.3. The third-order valence-electron chi connectivity index (χ3n) is 11.2. The van der Waals surface area contributed by atoms with Crippen LogP contribution in [0.25, 0.3) is 65.9 Å². The first-order chi connectivity index (χ1) is 26.0. The summed E-state index contributed by atoms with van der Waals surface area (Å²) in [6.45, 7) is 4.69. The van der Waals surface area contributed by atoms with E-state index in [4.69, 9.17) is 19.7 Å². The summed E-state index contributed by atoms with van der Waals surface area (Å²) in [5.74, 6) is 1.30. The molecular weight excluding hydrogens is 649 g/mol. The summed E-state index contributed by atoms with van der Waals surface area (Å²) in [4.78, 5) is 9.96. The molecule has 0 saturated carbocycles. The molecule has 0 radical (unpaired) electrons. The summed E-state index contributed by atoms with van der Waals surface area (Å²) in [6.07, 6.45) is -0.397. The van der Waals surface area contributed by atoms with Crippen molar-refractivity contribution in [1.29, 1.82) is 0 Å². The average molecular weight is 682 g/mol. The van der Waals surface area contributed by atoms with Crippen LogP contribution in [0.15, 0.2) is 172 Å². The highest BCUT2D eigenvalue weighted by Gasteiger charge is 2.36. The zero-order chi connectivity index (χ0) is 35.3. The van der Waals surface area contributed by atoms with Crippen LogP contribution in [-0.2, 0) is 5.41 Å². The van der Waals surface area contributed by atoms with Gasteiger partial charge in [0.15, 0.2) is 0 Å². The van der Waals surface area contributed by atoms with E-state index in [-0.39, 0.29) is 5.41 Å². The number of nitrogens with zero attached hydrogens (tertiary/aromatic N) is 4. The lowest BCUT2D eigenvalue weighted by molar-refractivity contribution is 0.661. The van der Waals surface area contributed by atoms with Crippen LogP contribution in [0, 0.1) is 0 Å². The molecule has 0 spiro atoms. The lowest BCUT2D eigenvalue weighted by atomic mass is 9.82. The van der Waals surface area contributed by atoms with Crippen molar-refractivity contribution < 1.29 is 4.42 Å². The quantitative estimate of drug-likeness (QED) is 0.182. The minimum Gasteiger partial charge on any atom is -0.456 e. The number of fused-ring (bicyclic) bond motifs is 9. The molecule has 0 fully saturated rings. The highest BCUT2D eigenvalue weighted by molar-refractivity contribution is 6.21. The van der Waals surface area contributed by atoms with Gasteiger partial charge in [-0.3, -0.25) is 4.99 Å².